The summed E-state index contributed by atoms with van der Waals surface area (Å²) in [5.74, 6) is -4.61. The van der Waals surface area contributed by atoms with E-state index in [9.17, 15) is 22.8 Å². The number of carboxylic acids is 1. The van der Waals surface area contributed by atoms with Crippen molar-refractivity contribution in [2.24, 2.45) is 11.8 Å². The average molecular weight is 388 g/mol. The van der Waals surface area contributed by atoms with Crippen LogP contribution in [0.1, 0.15) is 19.4 Å². The Morgan fingerprint density at radius 1 is 1.30 bits per heavy atom. The van der Waals surface area contributed by atoms with Gasteiger partial charge in [-0.05, 0) is 17.7 Å². The molecule has 0 aliphatic carbocycles. The van der Waals surface area contributed by atoms with Gasteiger partial charge in [-0.1, -0.05) is 26.0 Å². The van der Waals surface area contributed by atoms with Gasteiger partial charge in [0.1, 0.15) is 5.75 Å². The van der Waals surface area contributed by atoms with Gasteiger partial charge in [0.15, 0.2) is 0 Å². The first-order valence-electron chi connectivity index (χ1n) is 8.42. The van der Waals surface area contributed by atoms with E-state index in [1.54, 1.807) is 6.07 Å². The fourth-order valence-corrected chi connectivity index (χ4v) is 3.11. The molecule has 1 aliphatic rings. The number of nitrogens with one attached hydrogen (secondary N) is 1. The molecule has 150 valence electrons. The number of likely N-dealkylation sites (tertiary alicyclic amines) is 1. The van der Waals surface area contributed by atoms with Crippen LogP contribution < -0.4 is 10.1 Å². The Bertz CT molecular complexity index is 706. The summed E-state index contributed by atoms with van der Waals surface area (Å²) in [6.45, 7) is 2.80. The van der Waals surface area contributed by atoms with Gasteiger partial charge in [-0.15, -0.1) is 0 Å². The number of carboxylic acid groups (broad SMARTS) is 1. The third-order valence-electron chi connectivity index (χ3n) is 4.88. The molecule has 27 heavy (non-hydrogen) atoms. The molecule has 0 radical (unpaired) electrons. The van der Waals surface area contributed by atoms with E-state index in [1.807, 2.05) is 32.0 Å². The van der Waals surface area contributed by atoms with Crippen LogP contribution in [0.3, 0.4) is 0 Å². The largest absolute Gasteiger partial charge is 0.497 e. The van der Waals surface area contributed by atoms with Gasteiger partial charge in [-0.2, -0.15) is 13.2 Å². The van der Waals surface area contributed by atoms with Crippen LogP contribution >= 0.6 is 0 Å². The highest BCUT2D eigenvalue weighted by Crippen LogP contribution is 2.37. The molecule has 2 atom stereocenters. The molecule has 0 spiro atoms. The summed E-state index contributed by atoms with van der Waals surface area (Å²) in [5, 5.41) is 11.7. The minimum Gasteiger partial charge on any atom is -0.497 e. The molecule has 1 saturated heterocycles. The fraction of sp³-hybridized carbons (Fsp3) is 0.556. The van der Waals surface area contributed by atoms with Gasteiger partial charge in [0.2, 0.25) is 0 Å². The van der Waals surface area contributed by atoms with Crippen molar-refractivity contribution in [3.8, 4) is 5.75 Å². The first kappa shape index (κ1) is 20.9. The highest BCUT2D eigenvalue weighted by molar-refractivity contribution is 5.78. The topological polar surface area (TPSA) is 78.9 Å². The molecular formula is C18H23F3N2O4. The second-order valence-electron chi connectivity index (χ2n) is 7.27. The predicted octanol–water partition coefficient (Wildman–Crippen LogP) is 2.88. The lowest BCUT2D eigenvalue weighted by molar-refractivity contribution is -0.187. The average Bonchev–Trinajstić information content (AvgIpc) is 3.06. The van der Waals surface area contributed by atoms with Crippen molar-refractivity contribution in [3.63, 3.8) is 0 Å². The zero-order valence-electron chi connectivity index (χ0n) is 15.3. The van der Waals surface area contributed by atoms with Crippen LogP contribution in [-0.2, 0) is 10.2 Å². The molecule has 2 amide bonds. The maximum absolute atomic E-state index is 13.0. The van der Waals surface area contributed by atoms with Crippen LogP contribution in [0.2, 0.25) is 0 Å². The lowest BCUT2D eigenvalue weighted by Crippen LogP contribution is -2.44. The summed E-state index contributed by atoms with van der Waals surface area (Å²) in [4.78, 5) is 24.4. The number of urea groups is 1. The number of halogens is 3. The Morgan fingerprint density at radius 2 is 1.96 bits per heavy atom. The Hall–Kier alpha value is -2.45. The van der Waals surface area contributed by atoms with Crippen LogP contribution in [0.25, 0.3) is 0 Å². The lowest BCUT2D eigenvalue weighted by atomic mass is 9.84. The van der Waals surface area contributed by atoms with Gasteiger partial charge >= 0.3 is 18.2 Å². The van der Waals surface area contributed by atoms with Crippen molar-refractivity contribution < 1.29 is 32.6 Å². The molecule has 6 nitrogen and oxygen atoms in total. The van der Waals surface area contributed by atoms with Crippen LogP contribution in [0.4, 0.5) is 18.0 Å². The van der Waals surface area contributed by atoms with Crippen LogP contribution in [0.15, 0.2) is 24.3 Å². The number of amides is 2. The molecule has 9 heteroatoms. The van der Waals surface area contributed by atoms with E-state index in [0.717, 1.165) is 10.5 Å². The van der Waals surface area contributed by atoms with Crippen molar-refractivity contribution in [1.82, 2.24) is 10.2 Å². The monoisotopic (exact) mass is 388 g/mol. The van der Waals surface area contributed by atoms with Gasteiger partial charge in [-0.3, -0.25) is 4.79 Å². The Kier molecular flexibility index (Phi) is 5.91. The molecule has 1 aliphatic heterocycles. The minimum absolute atomic E-state index is 0.171. The highest BCUT2D eigenvalue weighted by Gasteiger charge is 2.53. The summed E-state index contributed by atoms with van der Waals surface area (Å²) >= 11 is 0. The number of benzene rings is 1. The van der Waals surface area contributed by atoms with Crippen LogP contribution in [0.5, 0.6) is 5.75 Å². The summed E-state index contributed by atoms with van der Waals surface area (Å²) in [7, 11) is 1.54. The Balaban J connectivity index is 2.03. The van der Waals surface area contributed by atoms with E-state index in [4.69, 9.17) is 9.84 Å². The number of ether oxygens (including phenoxy) is 1. The molecule has 2 N–H and O–H groups in total. The van der Waals surface area contributed by atoms with E-state index in [1.165, 1.54) is 7.11 Å². The van der Waals surface area contributed by atoms with Gasteiger partial charge in [-0.25, -0.2) is 4.79 Å². The summed E-state index contributed by atoms with van der Waals surface area (Å²) < 4.78 is 44.3. The number of aliphatic carboxylic acids is 1. The van der Waals surface area contributed by atoms with Crippen molar-refractivity contribution >= 4 is 12.0 Å². The van der Waals surface area contributed by atoms with Crippen molar-refractivity contribution in [2.45, 2.75) is 25.4 Å². The number of carbonyl (C=O) groups excluding carboxylic acids is 1. The number of alkyl halides is 3. The second kappa shape index (κ2) is 7.66. The fourth-order valence-electron chi connectivity index (χ4n) is 3.11. The molecule has 1 aromatic rings. The summed E-state index contributed by atoms with van der Waals surface area (Å²) in [5.41, 5.74) is 0.389. The van der Waals surface area contributed by atoms with Crippen molar-refractivity contribution in [2.75, 3.05) is 26.7 Å². The molecule has 2 rings (SSSR count). The normalized spacial score (nSPS) is 20.4. The number of nitrogens with zero attached hydrogens (tertiary/aromatic N) is 1. The number of hydrogen-bond donors (Lipinski definition) is 2. The van der Waals surface area contributed by atoms with Crippen molar-refractivity contribution in [3.05, 3.63) is 29.8 Å². The van der Waals surface area contributed by atoms with E-state index >= 15 is 0 Å². The molecular weight excluding hydrogens is 365 g/mol. The minimum atomic E-state index is -4.67. The predicted molar refractivity (Wildman–Crippen MR) is 91.7 cm³/mol. The lowest BCUT2D eigenvalue weighted by Gasteiger charge is -2.27. The second-order valence-corrected chi connectivity index (χ2v) is 7.27. The first-order valence-corrected chi connectivity index (χ1v) is 8.42. The molecule has 1 fully saturated rings. The molecule has 0 saturated carbocycles. The molecule has 0 aromatic heterocycles. The van der Waals surface area contributed by atoms with Gasteiger partial charge in [0.05, 0.1) is 18.9 Å². The van der Waals surface area contributed by atoms with E-state index in [2.05, 4.69) is 5.32 Å². The SMILES string of the molecule is COc1cccc(C(C)(C)CNC(=O)N2C[C@@H](C(F)(F)F)[C@H](C(=O)O)C2)c1. The molecule has 0 bridgehead atoms. The summed E-state index contributed by atoms with van der Waals surface area (Å²) in [6, 6.07) is 6.58. The summed E-state index contributed by atoms with van der Waals surface area (Å²) in [6.07, 6.45) is -4.67. The zero-order chi connectivity index (χ0) is 20.4. The number of methoxy groups -OCH3 is 1. The molecule has 1 aromatic carbocycles. The standard InChI is InChI=1S/C18H23F3N2O4/c1-17(2,11-5-4-6-12(7-11)27-3)10-22-16(26)23-8-13(15(24)25)14(9-23)18(19,20)21/h4-7,13-14H,8-10H2,1-3H3,(H,22,26)(H,24,25)/t13-,14-/m1/s1. The van der Waals surface area contributed by atoms with E-state index in [-0.39, 0.29) is 6.54 Å². The molecule has 1 heterocycles. The number of hydrogen-bond acceptors (Lipinski definition) is 3. The molecule has 0 unspecified atom stereocenters. The number of rotatable bonds is 5. The van der Waals surface area contributed by atoms with Gasteiger partial charge in [0, 0.05) is 25.0 Å². The third-order valence-corrected chi connectivity index (χ3v) is 4.88. The zero-order valence-corrected chi connectivity index (χ0v) is 15.3. The Morgan fingerprint density at radius 3 is 2.48 bits per heavy atom. The van der Waals surface area contributed by atoms with Crippen molar-refractivity contribution in [1.29, 1.82) is 0 Å². The smallest absolute Gasteiger partial charge is 0.394 e. The first-order chi connectivity index (χ1) is 12.5. The third kappa shape index (κ3) is 4.84. The number of carbonyl (C=O) groups is 2. The highest BCUT2D eigenvalue weighted by atomic mass is 19.4. The van der Waals surface area contributed by atoms with Crippen LogP contribution in [0, 0.1) is 11.8 Å². The maximum Gasteiger partial charge on any atom is 0.394 e. The van der Waals surface area contributed by atoms with Gasteiger partial charge in [0.25, 0.3) is 0 Å². The van der Waals surface area contributed by atoms with E-state index in [0.29, 0.717) is 5.75 Å². The Labute approximate surface area is 155 Å². The quantitative estimate of drug-likeness (QED) is 0.813. The maximum atomic E-state index is 13.0. The van der Waals surface area contributed by atoms with Gasteiger partial charge < -0.3 is 20.1 Å². The van der Waals surface area contributed by atoms with E-state index < -0.39 is 48.5 Å². The van der Waals surface area contributed by atoms with Crippen LogP contribution in [-0.4, -0.2) is 54.9 Å².